The van der Waals surface area contributed by atoms with Gasteiger partial charge in [-0.05, 0) is 60.7 Å². The molecule has 3 aromatic carbocycles. The van der Waals surface area contributed by atoms with Crippen molar-refractivity contribution in [1.29, 1.82) is 0 Å². The third-order valence-electron chi connectivity index (χ3n) is 7.33. The highest BCUT2D eigenvalue weighted by atomic mass is 19.1. The molecule has 0 aliphatic heterocycles. The van der Waals surface area contributed by atoms with Gasteiger partial charge in [-0.2, -0.15) is 0 Å². The summed E-state index contributed by atoms with van der Waals surface area (Å²) in [5, 5.41) is 11.3. The maximum atomic E-state index is 14.2. The van der Waals surface area contributed by atoms with Crippen LogP contribution in [0, 0.1) is 11.6 Å². The smallest absolute Gasteiger partial charge is 0.407 e. The molecule has 4 N–H and O–H groups in total. The zero-order valence-electron chi connectivity index (χ0n) is 27.7. The Morgan fingerprint density at radius 2 is 1.44 bits per heavy atom. The summed E-state index contributed by atoms with van der Waals surface area (Å²) in [6.07, 6.45) is -0.337. The van der Waals surface area contributed by atoms with Crippen molar-refractivity contribution in [2.75, 3.05) is 32.7 Å². The first-order valence-corrected chi connectivity index (χ1v) is 16.2. The van der Waals surface area contributed by atoms with Crippen LogP contribution >= 0.6 is 0 Å². The van der Waals surface area contributed by atoms with Gasteiger partial charge in [0.2, 0.25) is 5.91 Å². The van der Waals surface area contributed by atoms with Gasteiger partial charge in [0.1, 0.15) is 17.7 Å². The monoisotopic (exact) mass is 665 g/mol. The summed E-state index contributed by atoms with van der Waals surface area (Å²) in [7, 11) is 0. The van der Waals surface area contributed by atoms with Gasteiger partial charge in [0.05, 0.1) is 6.04 Å². The van der Waals surface area contributed by atoms with Gasteiger partial charge in [-0.25, -0.2) is 13.6 Å². The highest BCUT2D eigenvalue weighted by molar-refractivity contribution is 5.99. The van der Waals surface area contributed by atoms with E-state index in [1.807, 2.05) is 44.2 Å². The molecule has 258 valence electrons. The molecular weight excluding hydrogens is 620 g/mol. The fourth-order valence-electron chi connectivity index (χ4n) is 5.14. The van der Waals surface area contributed by atoms with Crippen LogP contribution in [-0.4, -0.2) is 73.6 Å². The molecule has 0 fully saturated rings. The van der Waals surface area contributed by atoms with Gasteiger partial charge in [-0.1, -0.05) is 50.2 Å². The lowest BCUT2D eigenvalue weighted by atomic mass is 9.99. The van der Waals surface area contributed by atoms with E-state index < -0.39 is 35.8 Å². The molecule has 2 atom stereocenters. The maximum Gasteiger partial charge on any atom is 0.407 e. The zero-order chi connectivity index (χ0) is 34.9. The molecule has 0 aromatic heterocycles. The molecular formula is C36H45F2N5O5. The molecule has 0 saturated heterocycles. The lowest BCUT2D eigenvalue weighted by Crippen LogP contribution is -2.51. The number of rotatable bonds is 18. The van der Waals surface area contributed by atoms with E-state index in [1.165, 1.54) is 13.0 Å². The van der Waals surface area contributed by atoms with Gasteiger partial charge >= 0.3 is 6.09 Å². The number of ether oxygens (including phenoxy) is 1. The fraction of sp³-hybridized carbons (Fsp3) is 0.389. The minimum atomic E-state index is -1.01. The van der Waals surface area contributed by atoms with Crippen LogP contribution in [0.5, 0.6) is 0 Å². The molecule has 3 aromatic rings. The molecule has 0 heterocycles. The summed E-state index contributed by atoms with van der Waals surface area (Å²) >= 11 is 0. The molecule has 0 saturated carbocycles. The second kappa shape index (κ2) is 19.7. The van der Waals surface area contributed by atoms with Crippen LogP contribution in [0.1, 0.15) is 65.5 Å². The summed E-state index contributed by atoms with van der Waals surface area (Å²) in [4.78, 5) is 52.8. The normalized spacial score (nSPS) is 12.0. The van der Waals surface area contributed by atoms with E-state index in [9.17, 15) is 28.0 Å². The topological polar surface area (TPSA) is 129 Å². The van der Waals surface area contributed by atoms with Gasteiger partial charge in [0, 0.05) is 63.4 Å². The number of hydrogen-bond donors (Lipinski definition) is 4. The fourth-order valence-corrected chi connectivity index (χ4v) is 5.14. The number of hydrogen-bond acceptors (Lipinski definition) is 6. The second-order valence-corrected chi connectivity index (χ2v) is 11.4. The number of nitrogens with one attached hydrogen (secondary N) is 4. The Labute approximate surface area is 280 Å². The van der Waals surface area contributed by atoms with Crippen molar-refractivity contribution in [3.8, 4) is 0 Å². The van der Waals surface area contributed by atoms with Gasteiger partial charge in [0.25, 0.3) is 11.8 Å². The molecule has 2 unspecified atom stereocenters. The number of alkyl carbamates (subject to hydrolysis) is 1. The SMILES string of the molecule is CCCN(CCC)C(=O)c1cccc(C(=O)NC(Cc2cc(F)cc(F)c2)C(CNCc2ccccc2)OC(=O)NCCNC(C)=O)c1. The molecule has 48 heavy (non-hydrogen) atoms. The Kier molecular flexibility index (Phi) is 15.5. The van der Waals surface area contributed by atoms with Crippen LogP contribution in [0.3, 0.4) is 0 Å². The first-order chi connectivity index (χ1) is 23.1. The summed E-state index contributed by atoms with van der Waals surface area (Å²) in [6.45, 7) is 7.23. The summed E-state index contributed by atoms with van der Waals surface area (Å²) in [5.41, 5.74) is 1.74. The van der Waals surface area contributed by atoms with E-state index in [2.05, 4.69) is 21.3 Å². The Morgan fingerprint density at radius 3 is 2.08 bits per heavy atom. The number of halogens is 2. The van der Waals surface area contributed by atoms with Gasteiger partial charge < -0.3 is 30.9 Å². The Balaban J connectivity index is 1.90. The second-order valence-electron chi connectivity index (χ2n) is 11.4. The van der Waals surface area contributed by atoms with E-state index in [4.69, 9.17) is 4.74 Å². The summed E-state index contributed by atoms with van der Waals surface area (Å²) < 4.78 is 34.2. The predicted molar refractivity (Wildman–Crippen MR) is 179 cm³/mol. The molecule has 3 rings (SSSR count). The average molecular weight is 666 g/mol. The van der Waals surface area contributed by atoms with Crippen molar-refractivity contribution in [2.45, 2.75) is 58.7 Å². The first-order valence-electron chi connectivity index (χ1n) is 16.2. The molecule has 12 heteroatoms. The predicted octanol–water partition coefficient (Wildman–Crippen LogP) is 4.59. The maximum absolute atomic E-state index is 14.2. The molecule has 0 aliphatic rings. The lowest BCUT2D eigenvalue weighted by Gasteiger charge is -2.29. The van der Waals surface area contributed by atoms with Crippen molar-refractivity contribution in [3.05, 3.63) is 107 Å². The standard InChI is InChI=1S/C36H45F2N5O5/c1-4-16-43(17-5-2)35(46)29-13-9-12-28(21-29)34(45)42-32(20-27-18-30(37)22-31(38)19-27)33(24-39-23-26-10-7-6-8-11-26)48-36(47)41-15-14-40-25(3)44/h6-13,18-19,21-22,32-33,39H,4-5,14-17,20,23-24H2,1-3H3,(H,40,44)(H,41,47)(H,42,45). The minimum Gasteiger partial charge on any atom is -0.443 e. The highest BCUT2D eigenvalue weighted by Gasteiger charge is 2.28. The Morgan fingerprint density at radius 1 is 0.792 bits per heavy atom. The zero-order valence-corrected chi connectivity index (χ0v) is 27.7. The summed E-state index contributed by atoms with van der Waals surface area (Å²) in [5.74, 6) is -2.59. The Hall–Kier alpha value is -4.84. The third kappa shape index (κ3) is 12.7. The molecule has 4 amide bonds. The van der Waals surface area contributed by atoms with E-state index in [1.54, 1.807) is 23.1 Å². The van der Waals surface area contributed by atoms with Gasteiger partial charge in [0.15, 0.2) is 0 Å². The molecule has 0 radical (unpaired) electrons. The van der Waals surface area contributed by atoms with Crippen LogP contribution in [0.25, 0.3) is 0 Å². The highest BCUT2D eigenvalue weighted by Crippen LogP contribution is 2.16. The number of amides is 4. The van der Waals surface area contributed by atoms with Crippen molar-refractivity contribution in [2.24, 2.45) is 0 Å². The lowest BCUT2D eigenvalue weighted by molar-refractivity contribution is -0.118. The number of carbonyl (C=O) groups excluding carboxylic acids is 4. The van der Waals surface area contributed by atoms with Crippen molar-refractivity contribution < 1.29 is 32.7 Å². The number of benzene rings is 3. The van der Waals surface area contributed by atoms with E-state index in [-0.39, 0.29) is 49.0 Å². The number of nitrogens with zero attached hydrogens (tertiary/aromatic N) is 1. The van der Waals surface area contributed by atoms with Crippen molar-refractivity contribution in [1.82, 2.24) is 26.2 Å². The first kappa shape index (κ1) is 37.6. The quantitative estimate of drug-likeness (QED) is 0.147. The molecule has 0 aliphatic carbocycles. The van der Waals surface area contributed by atoms with Crippen molar-refractivity contribution >= 4 is 23.8 Å². The van der Waals surface area contributed by atoms with Crippen LogP contribution in [0.15, 0.2) is 72.8 Å². The third-order valence-corrected chi connectivity index (χ3v) is 7.33. The molecule has 0 bridgehead atoms. The van der Waals surface area contributed by atoms with Gasteiger partial charge in [-0.3, -0.25) is 14.4 Å². The number of carbonyl (C=O) groups is 4. The molecule has 0 spiro atoms. The van der Waals surface area contributed by atoms with E-state index >= 15 is 0 Å². The Bertz CT molecular complexity index is 1480. The van der Waals surface area contributed by atoms with Crippen LogP contribution < -0.4 is 21.3 Å². The van der Waals surface area contributed by atoms with Crippen LogP contribution in [0.2, 0.25) is 0 Å². The average Bonchev–Trinajstić information content (AvgIpc) is 3.05. The largest absolute Gasteiger partial charge is 0.443 e. The minimum absolute atomic E-state index is 0.0677. The van der Waals surface area contributed by atoms with Gasteiger partial charge in [-0.15, -0.1) is 0 Å². The van der Waals surface area contributed by atoms with E-state index in [0.717, 1.165) is 36.6 Å². The van der Waals surface area contributed by atoms with E-state index in [0.29, 0.717) is 25.2 Å². The summed E-state index contributed by atoms with van der Waals surface area (Å²) in [6, 6.07) is 17.9. The molecule has 10 nitrogen and oxygen atoms in total. The van der Waals surface area contributed by atoms with Crippen LogP contribution in [0.4, 0.5) is 13.6 Å². The van der Waals surface area contributed by atoms with Crippen molar-refractivity contribution in [3.63, 3.8) is 0 Å². The van der Waals surface area contributed by atoms with Crippen LogP contribution in [-0.2, 0) is 22.5 Å².